The molecule has 0 aliphatic heterocycles. The average molecular weight is 263 g/mol. The lowest BCUT2D eigenvalue weighted by Crippen LogP contribution is -2.26. The normalized spacial score (nSPS) is 12.9. The van der Waals surface area contributed by atoms with Gasteiger partial charge in [-0.2, -0.15) is 5.10 Å². The Labute approximate surface area is 113 Å². The number of ether oxygens (including phenoxy) is 1. The van der Waals surface area contributed by atoms with E-state index in [2.05, 4.69) is 17.5 Å². The first kappa shape index (κ1) is 15.0. The van der Waals surface area contributed by atoms with Crippen molar-refractivity contribution < 1.29 is 9.53 Å². The molecule has 3 N–H and O–H groups in total. The van der Waals surface area contributed by atoms with Gasteiger partial charge in [0.1, 0.15) is 5.75 Å². The minimum absolute atomic E-state index is 0.145. The van der Waals surface area contributed by atoms with Crippen LogP contribution in [0.3, 0.4) is 0 Å². The summed E-state index contributed by atoms with van der Waals surface area (Å²) in [4.78, 5) is 10.7. The molecule has 5 nitrogen and oxygen atoms in total. The third-order valence-corrected chi connectivity index (χ3v) is 2.92. The number of primary amides is 1. The molecule has 104 valence electrons. The molecule has 0 saturated heterocycles. The van der Waals surface area contributed by atoms with Crippen LogP contribution in [-0.4, -0.2) is 18.9 Å². The number of rotatable bonds is 6. The van der Waals surface area contributed by atoms with Gasteiger partial charge in [0.2, 0.25) is 0 Å². The van der Waals surface area contributed by atoms with Gasteiger partial charge in [-0.05, 0) is 31.0 Å². The van der Waals surface area contributed by atoms with Gasteiger partial charge < -0.3 is 10.5 Å². The van der Waals surface area contributed by atoms with Gasteiger partial charge in [-0.15, -0.1) is 0 Å². The summed E-state index contributed by atoms with van der Waals surface area (Å²) in [5, 5.41) is 4.03. The number of nitrogens with two attached hydrogens (primary N) is 1. The zero-order valence-corrected chi connectivity index (χ0v) is 11.6. The lowest BCUT2D eigenvalue weighted by Gasteiger charge is -2.17. The van der Waals surface area contributed by atoms with Crippen LogP contribution in [0.4, 0.5) is 4.79 Å². The Kier molecular flexibility index (Phi) is 5.85. The Morgan fingerprint density at radius 3 is 2.84 bits per heavy atom. The van der Waals surface area contributed by atoms with E-state index in [1.165, 1.54) is 0 Å². The number of nitrogens with one attached hydrogen (secondary N) is 1. The van der Waals surface area contributed by atoms with Gasteiger partial charge in [0.05, 0.1) is 7.11 Å². The second kappa shape index (κ2) is 7.41. The minimum atomic E-state index is -0.653. The third-order valence-electron chi connectivity index (χ3n) is 2.92. The number of urea groups is 1. The van der Waals surface area contributed by atoms with Crippen LogP contribution in [0.1, 0.15) is 38.2 Å². The van der Waals surface area contributed by atoms with E-state index in [0.717, 1.165) is 29.9 Å². The Morgan fingerprint density at radius 2 is 2.26 bits per heavy atom. The van der Waals surface area contributed by atoms with E-state index in [4.69, 9.17) is 10.5 Å². The average Bonchev–Trinajstić information content (AvgIpc) is 2.42. The van der Waals surface area contributed by atoms with Gasteiger partial charge in [-0.25, -0.2) is 10.2 Å². The van der Waals surface area contributed by atoms with Gasteiger partial charge in [-0.3, -0.25) is 0 Å². The molecule has 0 aliphatic rings. The molecule has 19 heavy (non-hydrogen) atoms. The van der Waals surface area contributed by atoms with E-state index in [9.17, 15) is 4.79 Å². The number of carbonyl (C=O) groups excluding carboxylic acids is 1. The Morgan fingerprint density at radius 1 is 1.53 bits per heavy atom. The largest absolute Gasteiger partial charge is 0.497 e. The van der Waals surface area contributed by atoms with Gasteiger partial charge in [0.25, 0.3) is 0 Å². The summed E-state index contributed by atoms with van der Waals surface area (Å²) < 4.78 is 5.23. The number of carbonyl (C=O) groups is 1. The molecule has 0 aromatic heterocycles. The number of nitrogens with zero attached hydrogens (tertiary/aromatic N) is 1. The monoisotopic (exact) mass is 263 g/mol. The van der Waals surface area contributed by atoms with Crippen molar-refractivity contribution in [1.82, 2.24) is 5.43 Å². The molecule has 0 heterocycles. The first-order valence-electron chi connectivity index (χ1n) is 6.32. The van der Waals surface area contributed by atoms with Crippen LogP contribution >= 0.6 is 0 Å². The maximum absolute atomic E-state index is 10.7. The van der Waals surface area contributed by atoms with Crippen molar-refractivity contribution >= 4 is 11.7 Å². The predicted molar refractivity (Wildman–Crippen MR) is 76.5 cm³/mol. The molecule has 0 spiro atoms. The van der Waals surface area contributed by atoms with E-state index >= 15 is 0 Å². The third kappa shape index (κ3) is 4.62. The smallest absolute Gasteiger partial charge is 0.332 e. The Balaban J connectivity index is 2.98. The molecule has 2 amide bonds. The summed E-state index contributed by atoms with van der Waals surface area (Å²) in [5.74, 6) is 0.959. The molecule has 1 rings (SSSR count). The molecular formula is C14H21N3O2. The molecule has 0 fully saturated rings. The van der Waals surface area contributed by atoms with Crippen LogP contribution in [0.2, 0.25) is 0 Å². The molecule has 0 unspecified atom stereocenters. The first-order chi connectivity index (χ1) is 9.08. The maximum atomic E-state index is 10.7. The highest BCUT2D eigenvalue weighted by atomic mass is 16.5. The van der Waals surface area contributed by atoms with Crippen molar-refractivity contribution in [1.29, 1.82) is 0 Å². The zero-order chi connectivity index (χ0) is 14.3. The van der Waals surface area contributed by atoms with Crippen molar-refractivity contribution in [2.24, 2.45) is 10.8 Å². The fourth-order valence-corrected chi connectivity index (χ4v) is 1.98. The Hall–Kier alpha value is -2.04. The lowest BCUT2D eigenvalue weighted by molar-refractivity contribution is 0.249. The van der Waals surface area contributed by atoms with Crippen LogP contribution in [0.5, 0.6) is 5.75 Å². The van der Waals surface area contributed by atoms with Gasteiger partial charge in [0.15, 0.2) is 0 Å². The van der Waals surface area contributed by atoms with Crippen molar-refractivity contribution in [2.45, 2.75) is 32.6 Å². The summed E-state index contributed by atoms with van der Waals surface area (Å²) in [6, 6.07) is 7.22. The van der Waals surface area contributed by atoms with Crippen molar-refractivity contribution in [3.8, 4) is 5.75 Å². The SMILES string of the molecule is CCC[C@@H](/C(C)=N\NC(N)=O)c1cccc(OC)c1. The highest BCUT2D eigenvalue weighted by molar-refractivity contribution is 5.89. The molecule has 1 atom stereocenters. The standard InChI is InChI=1S/C14H21N3O2/c1-4-6-13(10(2)16-17-14(15)18)11-7-5-8-12(9-11)19-3/h5,7-9,13H,4,6H2,1-3H3,(H3,15,17,18)/b16-10-/t13-/m0/s1. The van der Waals surface area contributed by atoms with Crippen molar-refractivity contribution in [2.75, 3.05) is 7.11 Å². The van der Waals surface area contributed by atoms with Crippen molar-refractivity contribution in [3.05, 3.63) is 29.8 Å². The number of hydrogen-bond acceptors (Lipinski definition) is 3. The fourth-order valence-electron chi connectivity index (χ4n) is 1.98. The number of hydrazone groups is 1. The summed E-state index contributed by atoms with van der Waals surface area (Å²) in [6.45, 7) is 4.00. The molecule has 1 aromatic rings. The molecule has 0 saturated carbocycles. The quantitative estimate of drug-likeness (QED) is 0.611. The second-order valence-corrected chi connectivity index (χ2v) is 4.35. The minimum Gasteiger partial charge on any atom is -0.497 e. The molecule has 0 bridgehead atoms. The van der Waals surface area contributed by atoms with E-state index in [1.54, 1.807) is 7.11 Å². The molecular weight excluding hydrogens is 242 g/mol. The molecule has 1 aromatic carbocycles. The second-order valence-electron chi connectivity index (χ2n) is 4.35. The first-order valence-corrected chi connectivity index (χ1v) is 6.32. The van der Waals surface area contributed by atoms with Crippen LogP contribution in [0, 0.1) is 0 Å². The number of hydrogen-bond donors (Lipinski definition) is 2. The topological polar surface area (TPSA) is 76.7 Å². The summed E-state index contributed by atoms with van der Waals surface area (Å²) in [5.41, 5.74) is 9.25. The summed E-state index contributed by atoms with van der Waals surface area (Å²) in [7, 11) is 1.64. The zero-order valence-electron chi connectivity index (χ0n) is 11.6. The van der Waals surface area contributed by atoms with Crippen LogP contribution in [0.15, 0.2) is 29.4 Å². The van der Waals surface area contributed by atoms with E-state index in [-0.39, 0.29) is 5.92 Å². The van der Waals surface area contributed by atoms with Crippen LogP contribution < -0.4 is 15.9 Å². The van der Waals surface area contributed by atoms with Gasteiger partial charge >= 0.3 is 6.03 Å². The fraction of sp³-hybridized carbons (Fsp3) is 0.429. The summed E-state index contributed by atoms with van der Waals surface area (Å²) in [6.07, 6.45) is 1.97. The number of benzene rings is 1. The summed E-state index contributed by atoms with van der Waals surface area (Å²) >= 11 is 0. The molecule has 5 heteroatoms. The van der Waals surface area contributed by atoms with Crippen LogP contribution in [-0.2, 0) is 0 Å². The molecule has 0 radical (unpaired) electrons. The van der Waals surface area contributed by atoms with Crippen molar-refractivity contribution in [3.63, 3.8) is 0 Å². The van der Waals surface area contributed by atoms with Gasteiger partial charge in [-0.1, -0.05) is 25.5 Å². The predicted octanol–water partition coefficient (Wildman–Crippen LogP) is 2.62. The van der Waals surface area contributed by atoms with E-state index < -0.39 is 6.03 Å². The lowest BCUT2D eigenvalue weighted by atomic mass is 9.90. The Bertz CT molecular complexity index is 458. The van der Waals surface area contributed by atoms with E-state index in [0.29, 0.717) is 0 Å². The number of methoxy groups -OCH3 is 1. The highest BCUT2D eigenvalue weighted by Gasteiger charge is 2.15. The number of amides is 2. The molecule has 0 aliphatic carbocycles. The van der Waals surface area contributed by atoms with Crippen LogP contribution in [0.25, 0.3) is 0 Å². The van der Waals surface area contributed by atoms with E-state index in [1.807, 2.05) is 31.2 Å². The van der Waals surface area contributed by atoms with Gasteiger partial charge in [0, 0.05) is 11.6 Å². The highest BCUT2D eigenvalue weighted by Crippen LogP contribution is 2.26. The maximum Gasteiger partial charge on any atom is 0.332 e.